The Bertz CT molecular complexity index is 535. The number of halogens is 1. The molecule has 0 aliphatic rings. The summed E-state index contributed by atoms with van der Waals surface area (Å²) >= 11 is 3.36. The summed E-state index contributed by atoms with van der Waals surface area (Å²) in [5.41, 5.74) is 1.87. The van der Waals surface area contributed by atoms with Crippen molar-refractivity contribution in [1.29, 1.82) is 0 Å². The van der Waals surface area contributed by atoms with Crippen LogP contribution < -0.4 is 0 Å². The lowest BCUT2D eigenvalue weighted by molar-refractivity contribution is 0.112. The highest BCUT2D eigenvalue weighted by molar-refractivity contribution is 9.10. The Balaban J connectivity index is 2.67. The zero-order chi connectivity index (χ0) is 11.5. The molecule has 0 aliphatic carbocycles. The number of carbonyl (C=O) groups excluding carboxylic acids is 1. The first-order valence-electron chi connectivity index (χ1n) is 4.75. The number of aldehydes is 1. The maximum absolute atomic E-state index is 10.9. The first-order chi connectivity index (χ1) is 7.72. The minimum Gasteiger partial charge on any atom is -0.507 e. The van der Waals surface area contributed by atoms with Gasteiger partial charge in [-0.15, -0.1) is 0 Å². The molecule has 0 radical (unpaired) electrons. The van der Waals surface area contributed by atoms with Gasteiger partial charge in [-0.1, -0.05) is 40.2 Å². The van der Waals surface area contributed by atoms with E-state index in [0.717, 1.165) is 16.3 Å². The molecule has 2 aromatic carbocycles. The van der Waals surface area contributed by atoms with Crippen molar-refractivity contribution in [2.75, 3.05) is 0 Å². The van der Waals surface area contributed by atoms with Crippen molar-refractivity contribution in [3.8, 4) is 16.9 Å². The topological polar surface area (TPSA) is 37.3 Å². The molecule has 16 heavy (non-hydrogen) atoms. The monoisotopic (exact) mass is 276 g/mol. The maximum Gasteiger partial charge on any atom is 0.150 e. The van der Waals surface area contributed by atoms with Gasteiger partial charge in [-0.2, -0.15) is 0 Å². The summed E-state index contributed by atoms with van der Waals surface area (Å²) in [4.78, 5) is 10.9. The number of phenols is 1. The lowest BCUT2D eigenvalue weighted by Crippen LogP contribution is -1.88. The summed E-state index contributed by atoms with van der Waals surface area (Å²) < 4.78 is 0.908. The van der Waals surface area contributed by atoms with Crippen LogP contribution in [-0.4, -0.2) is 11.4 Å². The van der Waals surface area contributed by atoms with E-state index in [-0.39, 0.29) is 5.75 Å². The Hall–Kier alpha value is -1.61. The first-order valence-corrected chi connectivity index (χ1v) is 5.55. The number of phenolic OH excluding ortho intramolecular Hbond substituents is 1. The fourth-order valence-corrected chi connectivity index (χ4v) is 2.01. The third-order valence-corrected chi connectivity index (χ3v) is 2.81. The van der Waals surface area contributed by atoms with Gasteiger partial charge in [-0.05, 0) is 23.8 Å². The Morgan fingerprint density at radius 1 is 1.12 bits per heavy atom. The number of rotatable bonds is 2. The van der Waals surface area contributed by atoms with E-state index < -0.39 is 0 Å². The molecule has 0 unspecified atom stereocenters. The molecule has 0 bridgehead atoms. The highest BCUT2D eigenvalue weighted by atomic mass is 79.9. The molecule has 0 amide bonds. The molecule has 0 aliphatic heterocycles. The number of benzene rings is 2. The molecule has 0 saturated carbocycles. The minimum absolute atomic E-state index is 0.114. The van der Waals surface area contributed by atoms with Crippen LogP contribution in [0.25, 0.3) is 11.1 Å². The van der Waals surface area contributed by atoms with E-state index in [0.29, 0.717) is 11.1 Å². The summed E-state index contributed by atoms with van der Waals surface area (Å²) in [5, 5.41) is 9.79. The Morgan fingerprint density at radius 3 is 2.56 bits per heavy atom. The second kappa shape index (κ2) is 4.49. The average molecular weight is 277 g/mol. The fourth-order valence-electron chi connectivity index (χ4n) is 1.61. The van der Waals surface area contributed by atoms with Crippen LogP contribution >= 0.6 is 15.9 Å². The van der Waals surface area contributed by atoms with E-state index in [4.69, 9.17) is 0 Å². The normalized spacial score (nSPS) is 10.1. The number of hydrogen-bond donors (Lipinski definition) is 1. The smallest absolute Gasteiger partial charge is 0.150 e. The lowest BCUT2D eigenvalue weighted by Gasteiger charge is -2.07. The zero-order valence-electron chi connectivity index (χ0n) is 8.35. The SMILES string of the molecule is O=Cc1cccc(O)c1-c1cccc(Br)c1. The van der Waals surface area contributed by atoms with Crippen LogP contribution in [0.2, 0.25) is 0 Å². The second-order valence-electron chi connectivity index (χ2n) is 3.37. The van der Waals surface area contributed by atoms with Gasteiger partial charge in [0.2, 0.25) is 0 Å². The minimum atomic E-state index is 0.114. The third-order valence-electron chi connectivity index (χ3n) is 2.31. The van der Waals surface area contributed by atoms with Crippen molar-refractivity contribution in [2.45, 2.75) is 0 Å². The van der Waals surface area contributed by atoms with Crippen LogP contribution in [0.5, 0.6) is 5.75 Å². The van der Waals surface area contributed by atoms with Crippen LogP contribution in [-0.2, 0) is 0 Å². The average Bonchev–Trinajstić information content (AvgIpc) is 2.28. The Kier molecular flexibility index (Phi) is 3.06. The molecule has 0 saturated heterocycles. The van der Waals surface area contributed by atoms with E-state index in [2.05, 4.69) is 15.9 Å². The largest absolute Gasteiger partial charge is 0.507 e. The molecule has 2 rings (SSSR count). The van der Waals surface area contributed by atoms with E-state index in [1.54, 1.807) is 18.2 Å². The van der Waals surface area contributed by atoms with Crippen molar-refractivity contribution < 1.29 is 9.90 Å². The number of hydrogen-bond acceptors (Lipinski definition) is 2. The molecule has 3 heteroatoms. The summed E-state index contributed by atoms with van der Waals surface area (Å²) in [6.07, 6.45) is 0.746. The van der Waals surface area contributed by atoms with Crippen molar-refractivity contribution in [3.63, 3.8) is 0 Å². The molecular formula is C13H9BrO2. The van der Waals surface area contributed by atoms with Gasteiger partial charge in [0.1, 0.15) is 5.75 Å². The predicted molar refractivity (Wildman–Crippen MR) is 66.6 cm³/mol. The van der Waals surface area contributed by atoms with Gasteiger partial charge in [-0.3, -0.25) is 4.79 Å². The van der Waals surface area contributed by atoms with Crippen molar-refractivity contribution in [2.24, 2.45) is 0 Å². The van der Waals surface area contributed by atoms with Gasteiger partial charge in [0.15, 0.2) is 6.29 Å². The van der Waals surface area contributed by atoms with Gasteiger partial charge in [0.25, 0.3) is 0 Å². The van der Waals surface area contributed by atoms with Gasteiger partial charge < -0.3 is 5.11 Å². The van der Waals surface area contributed by atoms with Crippen molar-refractivity contribution in [3.05, 3.63) is 52.5 Å². The third kappa shape index (κ3) is 1.99. The lowest BCUT2D eigenvalue weighted by atomic mass is 9.99. The van der Waals surface area contributed by atoms with Crippen LogP contribution in [0.15, 0.2) is 46.9 Å². The molecule has 1 N–H and O–H groups in total. The molecular weight excluding hydrogens is 268 g/mol. The van der Waals surface area contributed by atoms with E-state index in [1.807, 2.05) is 24.3 Å². The fraction of sp³-hybridized carbons (Fsp3) is 0. The van der Waals surface area contributed by atoms with Gasteiger partial charge >= 0.3 is 0 Å². The van der Waals surface area contributed by atoms with Crippen molar-refractivity contribution in [1.82, 2.24) is 0 Å². The summed E-state index contributed by atoms with van der Waals surface area (Å²) in [6, 6.07) is 12.4. The molecule has 0 atom stereocenters. The zero-order valence-corrected chi connectivity index (χ0v) is 9.94. The Morgan fingerprint density at radius 2 is 1.88 bits per heavy atom. The molecule has 0 fully saturated rings. The first kappa shape index (κ1) is 10.9. The van der Waals surface area contributed by atoms with Gasteiger partial charge in [-0.25, -0.2) is 0 Å². The standard InChI is InChI=1S/C13H9BrO2/c14-11-5-1-3-9(7-11)13-10(8-15)4-2-6-12(13)16/h1-8,16H. The van der Waals surface area contributed by atoms with Crippen LogP contribution in [0, 0.1) is 0 Å². The summed E-state index contributed by atoms with van der Waals surface area (Å²) in [6.45, 7) is 0. The quantitative estimate of drug-likeness (QED) is 0.851. The van der Waals surface area contributed by atoms with E-state index >= 15 is 0 Å². The van der Waals surface area contributed by atoms with Crippen molar-refractivity contribution >= 4 is 22.2 Å². The number of carbonyl (C=O) groups is 1. The molecule has 80 valence electrons. The maximum atomic E-state index is 10.9. The van der Waals surface area contributed by atoms with Gasteiger partial charge in [0.05, 0.1) is 0 Å². The van der Waals surface area contributed by atoms with Gasteiger partial charge in [0, 0.05) is 15.6 Å². The molecule has 0 aromatic heterocycles. The van der Waals surface area contributed by atoms with E-state index in [9.17, 15) is 9.90 Å². The highest BCUT2D eigenvalue weighted by Gasteiger charge is 2.09. The van der Waals surface area contributed by atoms with E-state index in [1.165, 1.54) is 0 Å². The van der Waals surface area contributed by atoms with Crippen LogP contribution in [0.1, 0.15) is 10.4 Å². The molecule has 0 heterocycles. The number of aromatic hydroxyl groups is 1. The van der Waals surface area contributed by atoms with Crippen LogP contribution in [0.3, 0.4) is 0 Å². The summed E-state index contributed by atoms with van der Waals surface area (Å²) in [7, 11) is 0. The summed E-state index contributed by atoms with van der Waals surface area (Å²) in [5.74, 6) is 0.114. The Labute approximate surface area is 102 Å². The molecule has 2 aromatic rings. The predicted octanol–water partition coefficient (Wildman–Crippen LogP) is 3.63. The molecule has 0 spiro atoms. The molecule has 2 nitrogen and oxygen atoms in total. The second-order valence-corrected chi connectivity index (χ2v) is 4.29. The van der Waals surface area contributed by atoms with Crippen LogP contribution in [0.4, 0.5) is 0 Å². The highest BCUT2D eigenvalue weighted by Crippen LogP contribution is 2.32.